The number of carbonyl (C=O) groups is 1. The lowest BCUT2D eigenvalue weighted by Gasteiger charge is -2.39. The molecule has 1 unspecified atom stereocenters. The summed E-state index contributed by atoms with van der Waals surface area (Å²) in [6, 6.07) is 26.2. The van der Waals surface area contributed by atoms with Crippen molar-refractivity contribution in [3.8, 4) is 0 Å². The van der Waals surface area contributed by atoms with E-state index in [4.69, 9.17) is 0 Å². The molecule has 1 aromatic heterocycles. The Morgan fingerprint density at radius 1 is 0.944 bits per heavy atom. The maximum absolute atomic E-state index is 14.1. The maximum Gasteiger partial charge on any atom is 0.237 e. The van der Waals surface area contributed by atoms with Crippen molar-refractivity contribution in [2.24, 2.45) is 0 Å². The van der Waals surface area contributed by atoms with E-state index in [9.17, 15) is 4.79 Å². The van der Waals surface area contributed by atoms with Gasteiger partial charge in [0.25, 0.3) is 0 Å². The van der Waals surface area contributed by atoms with Gasteiger partial charge in [-0.25, -0.2) is 4.98 Å². The Labute approximate surface area is 217 Å². The third-order valence-electron chi connectivity index (χ3n) is 7.78. The van der Waals surface area contributed by atoms with E-state index in [1.54, 1.807) is 11.3 Å². The monoisotopic (exact) mass is 493 g/mol. The molecule has 0 radical (unpaired) electrons. The molecule has 1 atom stereocenters. The number of rotatable bonds is 6. The molecular weight excluding hydrogens is 462 g/mol. The molecule has 1 amide bonds. The summed E-state index contributed by atoms with van der Waals surface area (Å²) in [4.78, 5) is 23.1. The van der Waals surface area contributed by atoms with E-state index in [1.165, 1.54) is 33.4 Å². The Hall–Kier alpha value is -3.28. The first-order valence-electron chi connectivity index (χ1n) is 12.8. The number of nitrogens with zero attached hydrogens (tertiary/aromatic N) is 3. The molecule has 2 aliphatic rings. The fraction of sp³-hybridized carbons (Fsp3) is 0.290. The Morgan fingerprint density at radius 3 is 2.31 bits per heavy atom. The Kier molecular flexibility index (Phi) is 6.43. The van der Waals surface area contributed by atoms with Crippen molar-refractivity contribution in [1.82, 2.24) is 14.8 Å². The van der Waals surface area contributed by atoms with E-state index >= 15 is 0 Å². The quantitative estimate of drug-likeness (QED) is 0.351. The molecule has 182 valence electrons. The molecule has 36 heavy (non-hydrogen) atoms. The molecule has 4 nitrogen and oxygen atoms in total. The van der Waals surface area contributed by atoms with Gasteiger partial charge in [0, 0.05) is 24.2 Å². The van der Waals surface area contributed by atoms with Crippen LogP contribution < -0.4 is 0 Å². The number of aromatic nitrogens is 1. The van der Waals surface area contributed by atoms with Crippen LogP contribution in [0.2, 0.25) is 0 Å². The summed E-state index contributed by atoms with van der Waals surface area (Å²) in [6.45, 7) is 4.04. The molecule has 2 heterocycles. The van der Waals surface area contributed by atoms with E-state index in [1.807, 2.05) is 11.6 Å². The van der Waals surface area contributed by atoms with E-state index in [-0.39, 0.29) is 18.0 Å². The zero-order chi connectivity index (χ0) is 24.5. The van der Waals surface area contributed by atoms with E-state index in [0.29, 0.717) is 13.1 Å². The standard InChI is InChI=1S/C31H31N3OS/c1-22-8-2-6-12-27(22)31-28-13-7-5-9-23(28)14-16-33(31)21-30(35)34(20-29-32-15-17-36-29)26-18-24-10-3-4-11-25(24)19-26/h2-13,15,17,26,31H,14,16,18-21H2,1H3. The predicted molar refractivity (Wildman–Crippen MR) is 145 cm³/mol. The molecule has 0 fully saturated rings. The van der Waals surface area contributed by atoms with Crippen molar-refractivity contribution in [3.63, 3.8) is 0 Å². The lowest BCUT2D eigenvalue weighted by Crippen LogP contribution is -2.48. The SMILES string of the molecule is Cc1ccccc1C1c2ccccc2CCN1CC(=O)N(Cc1nccs1)C1Cc2ccccc2C1. The number of amides is 1. The van der Waals surface area contributed by atoms with Gasteiger partial charge in [0.2, 0.25) is 5.91 Å². The van der Waals surface area contributed by atoms with Crippen molar-refractivity contribution in [2.45, 2.75) is 44.8 Å². The fourth-order valence-electron chi connectivity index (χ4n) is 5.96. The van der Waals surface area contributed by atoms with Crippen LogP contribution >= 0.6 is 11.3 Å². The highest BCUT2D eigenvalue weighted by Gasteiger charge is 2.35. The van der Waals surface area contributed by atoms with Crippen LogP contribution in [0.1, 0.15) is 44.4 Å². The Morgan fingerprint density at radius 2 is 1.61 bits per heavy atom. The normalized spacial score (nSPS) is 17.5. The zero-order valence-corrected chi connectivity index (χ0v) is 21.5. The molecule has 0 saturated carbocycles. The van der Waals surface area contributed by atoms with Crippen LogP contribution in [0.3, 0.4) is 0 Å². The van der Waals surface area contributed by atoms with Crippen molar-refractivity contribution >= 4 is 17.2 Å². The number of hydrogen-bond donors (Lipinski definition) is 0. The second kappa shape index (κ2) is 10.00. The van der Waals surface area contributed by atoms with Crippen LogP contribution in [0.5, 0.6) is 0 Å². The molecule has 1 aliphatic heterocycles. The van der Waals surface area contributed by atoms with Crippen LogP contribution in [0.25, 0.3) is 0 Å². The van der Waals surface area contributed by atoms with Gasteiger partial charge in [-0.05, 0) is 59.6 Å². The predicted octanol–water partition coefficient (Wildman–Crippen LogP) is 5.60. The van der Waals surface area contributed by atoms with Gasteiger partial charge < -0.3 is 4.90 Å². The summed E-state index contributed by atoms with van der Waals surface area (Å²) in [5, 5.41) is 3.00. The first kappa shape index (κ1) is 23.1. The molecule has 1 aliphatic carbocycles. The molecule has 0 bridgehead atoms. The third kappa shape index (κ3) is 4.49. The number of fused-ring (bicyclic) bond motifs is 2. The smallest absolute Gasteiger partial charge is 0.237 e. The largest absolute Gasteiger partial charge is 0.331 e. The fourth-order valence-corrected chi connectivity index (χ4v) is 6.58. The number of carbonyl (C=O) groups excluding carboxylic acids is 1. The summed E-state index contributed by atoms with van der Waals surface area (Å²) in [7, 11) is 0. The van der Waals surface area contributed by atoms with E-state index in [2.05, 4.69) is 94.5 Å². The van der Waals surface area contributed by atoms with Crippen molar-refractivity contribution < 1.29 is 4.79 Å². The number of hydrogen-bond acceptors (Lipinski definition) is 4. The van der Waals surface area contributed by atoms with E-state index in [0.717, 1.165) is 30.8 Å². The third-order valence-corrected chi connectivity index (χ3v) is 8.55. The van der Waals surface area contributed by atoms with E-state index < -0.39 is 0 Å². The van der Waals surface area contributed by atoms with Crippen LogP contribution in [-0.2, 0) is 30.6 Å². The Bertz CT molecular complexity index is 1340. The minimum absolute atomic E-state index is 0.0857. The maximum atomic E-state index is 14.1. The van der Waals surface area contributed by atoms with Gasteiger partial charge in [-0.3, -0.25) is 9.69 Å². The molecule has 4 aromatic rings. The van der Waals surface area contributed by atoms with Crippen molar-refractivity contribution in [2.75, 3.05) is 13.1 Å². The lowest BCUT2D eigenvalue weighted by atomic mass is 9.86. The lowest BCUT2D eigenvalue weighted by molar-refractivity contribution is -0.135. The van der Waals surface area contributed by atoms with Crippen LogP contribution in [-0.4, -0.2) is 39.8 Å². The first-order chi connectivity index (χ1) is 17.7. The van der Waals surface area contributed by atoms with Gasteiger partial charge in [0.1, 0.15) is 5.01 Å². The van der Waals surface area contributed by atoms with Crippen LogP contribution in [0.15, 0.2) is 84.4 Å². The van der Waals surface area contributed by atoms with Gasteiger partial charge in [0.05, 0.1) is 19.1 Å². The summed E-state index contributed by atoms with van der Waals surface area (Å²) in [5.41, 5.74) is 8.00. The van der Waals surface area contributed by atoms with Gasteiger partial charge >= 0.3 is 0 Å². The minimum atomic E-state index is 0.0857. The highest BCUT2D eigenvalue weighted by molar-refractivity contribution is 7.09. The highest BCUT2D eigenvalue weighted by Crippen LogP contribution is 2.37. The molecule has 3 aromatic carbocycles. The highest BCUT2D eigenvalue weighted by atomic mass is 32.1. The van der Waals surface area contributed by atoms with Gasteiger partial charge in [-0.1, -0.05) is 72.8 Å². The van der Waals surface area contributed by atoms with Crippen molar-refractivity contribution in [3.05, 3.63) is 123 Å². The Balaban J connectivity index is 1.31. The second-order valence-corrected chi connectivity index (χ2v) is 10.9. The van der Waals surface area contributed by atoms with Crippen LogP contribution in [0, 0.1) is 6.92 Å². The number of benzene rings is 3. The number of thiazole rings is 1. The average Bonchev–Trinajstić information content (AvgIpc) is 3.57. The molecule has 0 spiro atoms. The zero-order valence-electron chi connectivity index (χ0n) is 20.6. The van der Waals surface area contributed by atoms with Crippen LogP contribution in [0.4, 0.5) is 0 Å². The first-order valence-corrected chi connectivity index (χ1v) is 13.7. The average molecular weight is 494 g/mol. The molecular formula is C31H31N3OS. The molecule has 0 N–H and O–H groups in total. The molecule has 6 rings (SSSR count). The van der Waals surface area contributed by atoms with Gasteiger partial charge in [0.15, 0.2) is 0 Å². The summed E-state index contributed by atoms with van der Waals surface area (Å²) < 4.78 is 0. The topological polar surface area (TPSA) is 36.4 Å². The summed E-state index contributed by atoms with van der Waals surface area (Å²) >= 11 is 1.63. The van der Waals surface area contributed by atoms with Crippen molar-refractivity contribution in [1.29, 1.82) is 0 Å². The molecule has 5 heteroatoms. The van der Waals surface area contributed by atoms with Gasteiger partial charge in [-0.2, -0.15) is 0 Å². The van der Waals surface area contributed by atoms with Gasteiger partial charge in [-0.15, -0.1) is 11.3 Å². The molecule has 0 saturated heterocycles. The summed E-state index contributed by atoms with van der Waals surface area (Å²) in [5.74, 6) is 0.195. The summed E-state index contributed by atoms with van der Waals surface area (Å²) in [6.07, 6.45) is 4.63. The minimum Gasteiger partial charge on any atom is -0.331 e. The number of aryl methyl sites for hydroxylation is 1. The second-order valence-electron chi connectivity index (χ2n) is 9.96.